The Hall–Kier alpha value is -1.14. The lowest BCUT2D eigenvalue weighted by Crippen LogP contribution is -2.27. The summed E-state index contributed by atoms with van der Waals surface area (Å²) in [6.07, 6.45) is 1.84. The van der Waals surface area contributed by atoms with Gasteiger partial charge in [0.1, 0.15) is 0 Å². The third-order valence-corrected chi connectivity index (χ3v) is 5.21. The van der Waals surface area contributed by atoms with Gasteiger partial charge in [-0.25, -0.2) is 0 Å². The molecule has 6 heteroatoms. The van der Waals surface area contributed by atoms with Crippen LogP contribution in [0.4, 0.5) is 5.69 Å². The van der Waals surface area contributed by atoms with E-state index in [2.05, 4.69) is 15.9 Å². The Kier molecular flexibility index (Phi) is 4.68. The molecule has 1 aliphatic heterocycles. The van der Waals surface area contributed by atoms with Crippen LogP contribution in [0.2, 0.25) is 5.02 Å². The van der Waals surface area contributed by atoms with Crippen molar-refractivity contribution in [3.8, 4) is 0 Å². The highest BCUT2D eigenvalue weighted by Gasteiger charge is 2.34. The summed E-state index contributed by atoms with van der Waals surface area (Å²) >= 11 is 16.2. The molecule has 0 atom stereocenters. The van der Waals surface area contributed by atoms with Crippen molar-refractivity contribution in [1.29, 1.82) is 0 Å². The number of rotatable bonds is 2. The zero-order valence-corrected chi connectivity index (χ0v) is 15.1. The molecule has 0 aromatic heterocycles. The number of thiocarbonyl (C=S) groups is 1. The topological polar surface area (TPSA) is 20.3 Å². The van der Waals surface area contributed by atoms with E-state index in [1.54, 1.807) is 12.1 Å². The van der Waals surface area contributed by atoms with E-state index in [9.17, 15) is 4.79 Å². The molecule has 2 nitrogen and oxygen atoms in total. The molecule has 1 amide bonds. The molecule has 110 valence electrons. The van der Waals surface area contributed by atoms with Crippen LogP contribution < -0.4 is 4.90 Å². The highest BCUT2D eigenvalue weighted by molar-refractivity contribution is 9.10. The first-order valence-electron chi connectivity index (χ1n) is 6.34. The van der Waals surface area contributed by atoms with E-state index in [1.807, 2.05) is 42.5 Å². The number of amides is 1. The molecule has 0 bridgehead atoms. The van der Waals surface area contributed by atoms with Crippen LogP contribution in [-0.2, 0) is 4.79 Å². The fraction of sp³-hybridized carbons (Fsp3) is 0. The van der Waals surface area contributed by atoms with Gasteiger partial charge in [0.15, 0.2) is 4.32 Å². The van der Waals surface area contributed by atoms with Gasteiger partial charge < -0.3 is 0 Å². The Morgan fingerprint density at radius 1 is 1.14 bits per heavy atom. The van der Waals surface area contributed by atoms with Crippen LogP contribution in [0.1, 0.15) is 5.56 Å². The maximum absolute atomic E-state index is 12.6. The summed E-state index contributed by atoms with van der Waals surface area (Å²) in [5, 5.41) is 0.503. The molecule has 1 saturated heterocycles. The molecule has 1 heterocycles. The quantitative estimate of drug-likeness (QED) is 0.481. The fourth-order valence-corrected chi connectivity index (χ4v) is 3.79. The van der Waals surface area contributed by atoms with Gasteiger partial charge in [0.25, 0.3) is 5.91 Å². The van der Waals surface area contributed by atoms with Gasteiger partial charge in [0, 0.05) is 4.47 Å². The number of hydrogen-bond acceptors (Lipinski definition) is 3. The largest absolute Gasteiger partial charge is 0.270 e. The molecule has 0 spiro atoms. The van der Waals surface area contributed by atoms with Gasteiger partial charge in [-0.3, -0.25) is 9.69 Å². The van der Waals surface area contributed by atoms with Crippen LogP contribution in [-0.4, -0.2) is 10.2 Å². The highest BCUT2D eigenvalue weighted by atomic mass is 79.9. The fourth-order valence-electron chi connectivity index (χ4n) is 2.02. The summed E-state index contributed by atoms with van der Waals surface area (Å²) in [6.45, 7) is 0. The molecule has 3 rings (SSSR count). The Morgan fingerprint density at radius 3 is 2.50 bits per heavy atom. The Balaban J connectivity index is 1.95. The molecule has 0 unspecified atom stereocenters. The van der Waals surface area contributed by atoms with Crippen molar-refractivity contribution in [2.24, 2.45) is 0 Å². The van der Waals surface area contributed by atoms with Crippen LogP contribution in [0.3, 0.4) is 0 Å². The normalized spacial score (nSPS) is 16.6. The van der Waals surface area contributed by atoms with Crippen LogP contribution in [0.25, 0.3) is 6.08 Å². The minimum atomic E-state index is -0.147. The van der Waals surface area contributed by atoms with Crippen molar-refractivity contribution in [1.82, 2.24) is 0 Å². The summed E-state index contributed by atoms with van der Waals surface area (Å²) in [5.41, 5.74) is 1.56. The predicted octanol–water partition coefficient (Wildman–Crippen LogP) is 5.51. The lowest BCUT2D eigenvalue weighted by molar-refractivity contribution is -0.113. The molecular weight excluding hydrogens is 402 g/mol. The van der Waals surface area contributed by atoms with Crippen LogP contribution in [0.5, 0.6) is 0 Å². The van der Waals surface area contributed by atoms with E-state index < -0.39 is 0 Å². The second-order valence-corrected chi connectivity index (χ2v) is 7.52. The van der Waals surface area contributed by atoms with Crippen LogP contribution in [0, 0.1) is 0 Å². The van der Waals surface area contributed by atoms with E-state index in [0.717, 1.165) is 10.0 Å². The Labute approximate surface area is 151 Å². The number of para-hydroxylation sites is 1. The molecule has 0 N–H and O–H groups in total. The number of anilines is 1. The Bertz CT molecular complexity index is 789. The standard InChI is InChI=1S/C16H9BrClNOS2/c17-11-7-5-10(6-8-11)9-14-15(20)19(16(21)22-14)13-4-2-1-3-12(13)18/h1-9H/b14-9-. The lowest BCUT2D eigenvalue weighted by atomic mass is 10.2. The van der Waals surface area contributed by atoms with Crippen molar-refractivity contribution in [2.75, 3.05) is 4.90 Å². The molecule has 0 aliphatic carbocycles. The molecule has 0 saturated carbocycles. The number of halogens is 2. The van der Waals surface area contributed by atoms with E-state index in [0.29, 0.717) is 19.9 Å². The Morgan fingerprint density at radius 2 is 1.82 bits per heavy atom. The van der Waals surface area contributed by atoms with Crippen molar-refractivity contribution < 1.29 is 4.79 Å². The van der Waals surface area contributed by atoms with Gasteiger partial charge in [-0.05, 0) is 35.9 Å². The summed E-state index contributed by atoms with van der Waals surface area (Å²) in [4.78, 5) is 14.7. The molecule has 2 aromatic rings. The number of thioether (sulfide) groups is 1. The number of carbonyl (C=O) groups is 1. The zero-order chi connectivity index (χ0) is 15.7. The average Bonchev–Trinajstić information content (AvgIpc) is 2.77. The SMILES string of the molecule is O=C1/C(=C/c2ccc(Br)cc2)SC(=S)N1c1ccccc1Cl. The van der Waals surface area contributed by atoms with Gasteiger partial charge in [-0.2, -0.15) is 0 Å². The number of hydrogen-bond donors (Lipinski definition) is 0. The first-order valence-corrected chi connectivity index (χ1v) is 8.74. The second kappa shape index (κ2) is 6.54. The minimum Gasteiger partial charge on any atom is -0.268 e. The highest BCUT2D eigenvalue weighted by Crippen LogP contribution is 2.38. The van der Waals surface area contributed by atoms with Crippen LogP contribution >= 0.6 is 51.5 Å². The average molecular weight is 411 g/mol. The molecule has 0 radical (unpaired) electrons. The predicted molar refractivity (Wildman–Crippen MR) is 101 cm³/mol. The lowest BCUT2D eigenvalue weighted by Gasteiger charge is -2.15. The van der Waals surface area contributed by atoms with Crippen molar-refractivity contribution in [3.05, 3.63) is 68.5 Å². The third kappa shape index (κ3) is 3.13. The molecule has 1 aliphatic rings. The maximum Gasteiger partial charge on any atom is 0.270 e. The second-order valence-electron chi connectivity index (χ2n) is 4.52. The van der Waals surface area contributed by atoms with E-state index in [1.165, 1.54) is 16.7 Å². The number of benzene rings is 2. The zero-order valence-electron chi connectivity index (χ0n) is 11.1. The summed E-state index contributed by atoms with van der Waals surface area (Å²) in [5.74, 6) is -0.147. The van der Waals surface area contributed by atoms with Crippen molar-refractivity contribution in [2.45, 2.75) is 0 Å². The van der Waals surface area contributed by atoms with E-state index in [4.69, 9.17) is 23.8 Å². The first kappa shape index (κ1) is 15.7. The van der Waals surface area contributed by atoms with E-state index in [-0.39, 0.29) is 5.91 Å². The van der Waals surface area contributed by atoms with Gasteiger partial charge in [-0.1, -0.05) is 75.8 Å². The summed E-state index contributed by atoms with van der Waals surface area (Å²) in [7, 11) is 0. The summed E-state index contributed by atoms with van der Waals surface area (Å²) < 4.78 is 1.48. The summed E-state index contributed by atoms with van der Waals surface area (Å²) in [6, 6.07) is 14.9. The van der Waals surface area contributed by atoms with Gasteiger partial charge in [0.2, 0.25) is 0 Å². The third-order valence-electron chi connectivity index (χ3n) is 3.05. The molecular formula is C16H9BrClNOS2. The van der Waals surface area contributed by atoms with Gasteiger partial charge >= 0.3 is 0 Å². The van der Waals surface area contributed by atoms with E-state index >= 15 is 0 Å². The minimum absolute atomic E-state index is 0.147. The maximum atomic E-state index is 12.6. The van der Waals surface area contributed by atoms with Crippen LogP contribution in [0.15, 0.2) is 57.9 Å². The molecule has 2 aromatic carbocycles. The number of nitrogens with zero attached hydrogens (tertiary/aromatic N) is 1. The smallest absolute Gasteiger partial charge is 0.268 e. The van der Waals surface area contributed by atoms with Gasteiger partial charge in [0.05, 0.1) is 15.6 Å². The van der Waals surface area contributed by atoms with Crippen molar-refractivity contribution >= 4 is 73.5 Å². The van der Waals surface area contributed by atoms with Gasteiger partial charge in [-0.15, -0.1) is 0 Å². The van der Waals surface area contributed by atoms with Crippen molar-refractivity contribution in [3.63, 3.8) is 0 Å². The first-order chi connectivity index (χ1) is 10.6. The number of carbonyl (C=O) groups excluding carboxylic acids is 1. The molecule has 1 fully saturated rings. The molecule has 22 heavy (non-hydrogen) atoms. The monoisotopic (exact) mass is 409 g/mol.